The maximum absolute atomic E-state index is 10.2. The molecule has 0 amide bonds. The number of nitro groups is 1. The zero-order valence-electron chi connectivity index (χ0n) is 7.74. The summed E-state index contributed by atoms with van der Waals surface area (Å²) in [6.07, 6.45) is 2.50. The summed E-state index contributed by atoms with van der Waals surface area (Å²) in [7, 11) is 1.55. The van der Waals surface area contributed by atoms with Crippen LogP contribution in [0.5, 0.6) is 0 Å². The summed E-state index contributed by atoms with van der Waals surface area (Å²) < 4.78 is 4.99. The smallest absolute Gasteiger partial charge is 0.236 e. The minimum absolute atomic E-state index is 0.157. The van der Waals surface area contributed by atoms with Crippen molar-refractivity contribution in [3.05, 3.63) is 21.9 Å². The molecule has 0 aliphatic rings. The molecule has 0 aromatic rings. The third-order valence-electron chi connectivity index (χ3n) is 1.69. The molecule has 0 heterocycles. The molecule has 0 aliphatic carbocycles. The van der Waals surface area contributed by atoms with Crippen LogP contribution in [-0.2, 0) is 4.74 Å². The molecule has 1 unspecified atom stereocenters. The fourth-order valence-corrected chi connectivity index (χ4v) is 0.948. The highest BCUT2D eigenvalue weighted by Gasteiger charge is 2.10. The molecule has 0 N–H and O–H groups in total. The molecule has 0 aromatic carbocycles. The third-order valence-corrected chi connectivity index (χ3v) is 1.69. The Labute approximate surface area is 72.4 Å². The topological polar surface area (TPSA) is 52.4 Å². The molecule has 0 fully saturated rings. The first kappa shape index (κ1) is 11.1. The molecule has 12 heavy (non-hydrogen) atoms. The Morgan fingerprint density at radius 3 is 2.67 bits per heavy atom. The highest BCUT2D eigenvalue weighted by Crippen LogP contribution is 2.12. The Morgan fingerprint density at radius 2 is 2.33 bits per heavy atom. The van der Waals surface area contributed by atoms with Crippen LogP contribution >= 0.6 is 0 Å². The molecule has 0 spiro atoms. The van der Waals surface area contributed by atoms with Crippen LogP contribution in [0.15, 0.2) is 11.8 Å². The van der Waals surface area contributed by atoms with Crippen LogP contribution < -0.4 is 0 Å². The van der Waals surface area contributed by atoms with E-state index in [0.717, 1.165) is 24.6 Å². The molecule has 0 aromatic heterocycles. The van der Waals surface area contributed by atoms with Crippen molar-refractivity contribution in [2.45, 2.75) is 32.8 Å². The molecule has 0 saturated heterocycles. The van der Waals surface area contributed by atoms with Gasteiger partial charge in [0, 0.05) is 12.7 Å². The van der Waals surface area contributed by atoms with Crippen LogP contribution in [0.25, 0.3) is 0 Å². The Hall–Kier alpha value is -0.900. The summed E-state index contributed by atoms with van der Waals surface area (Å²) in [5.41, 5.74) is 0.741. The number of hydrogen-bond acceptors (Lipinski definition) is 3. The van der Waals surface area contributed by atoms with E-state index in [1.165, 1.54) is 0 Å². The van der Waals surface area contributed by atoms with Crippen LogP contribution in [0.4, 0.5) is 0 Å². The van der Waals surface area contributed by atoms with Gasteiger partial charge >= 0.3 is 0 Å². The van der Waals surface area contributed by atoms with Crippen LogP contribution in [0, 0.1) is 10.1 Å². The van der Waals surface area contributed by atoms with Crippen molar-refractivity contribution in [3.8, 4) is 0 Å². The van der Waals surface area contributed by atoms with Crippen molar-refractivity contribution in [2.24, 2.45) is 0 Å². The maximum atomic E-state index is 10.2. The van der Waals surface area contributed by atoms with Crippen molar-refractivity contribution in [1.82, 2.24) is 0 Å². The summed E-state index contributed by atoms with van der Waals surface area (Å²) in [6.45, 7) is 3.79. The first-order valence-corrected chi connectivity index (χ1v) is 3.98. The van der Waals surface area contributed by atoms with Gasteiger partial charge in [-0.25, -0.2) is 0 Å². The largest absolute Gasteiger partial charge is 0.377 e. The number of rotatable bonds is 5. The number of nitrogens with zero attached hydrogens (tertiary/aromatic N) is 1. The molecule has 0 rings (SSSR count). The lowest BCUT2D eigenvalue weighted by molar-refractivity contribution is -0.404. The molecule has 0 saturated carbocycles. The average Bonchev–Trinajstić information content (AvgIpc) is 2.01. The van der Waals surface area contributed by atoms with Gasteiger partial charge in [-0.2, -0.15) is 0 Å². The molecule has 4 nitrogen and oxygen atoms in total. The molecule has 0 aliphatic heterocycles. The lowest BCUT2D eigenvalue weighted by atomic mass is 10.1. The van der Waals surface area contributed by atoms with Gasteiger partial charge in [-0.15, -0.1) is 0 Å². The highest BCUT2D eigenvalue weighted by molar-refractivity contribution is 5.03. The highest BCUT2D eigenvalue weighted by atomic mass is 16.6. The first-order valence-electron chi connectivity index (χ1n) is 3.98. The molecule has 1 atom stereocenters. The molecule has 0 radical (unpaired) electrons. The Balaban J connectivity index is 4.31. The molecule has 4 heteroatoms. The number of hydrogen-bond donors (Lipinski definition) is 0. The van der Waals surface area contributed by atoms with E-state index in [-0.39, 0.29) is 6.10 Å². The minimum atomic E-state index is -0.430. The zero-order chi connectivity index (χ0) is 9.56. The predicted octanol–water partition coefficient (Wildman–Crippen LogP) is 1.98. The summed E-state index contributed by atoms with van der Waals surface area (Å²) in [6, 6.07) is 0. The van der Waals surface area contributed by atoms with Crippen LogP contribution in [0.2, 0.25) is 0 Å². The standard InChI is InChI=1S/C8H15NO3/c1-4-5-8(6-9(10)11)7(2)12-3/h6-7H,4-5H2,1-3H3/b8-6+. The monoisotopic (exact) mass is 173 g/mol. The summed E-state index contributed by atoms with van der Waals surface area (Å²) in [5.74, 6) is 0. The normalized spacial score (nSPS) is 14.4. The van der Waals surface area contributed by atoms with Gasteiger partial charge in [0.15, 0.2) is 0 Å². The van der Waals surface area contributed by atoms with Gasteiger partial charge < -0.3 is 4.74 Å². The van der Waals surface area contributed by atoms with Gasteiger partial charge in [0.25, 0.3) is 0 Å². The minimum Gasteiger partial charge on any atom is -0.377 e. The summed E-state index contributed by atoms with van der Waals surface area (Å²) in [5, 5.41) is 10.2. The van der Waals surface area contributed by atoms with E-state index >= 15 is 0 Å². The number of methoxy groups -OCH3 is 1. The van der Waals surface area contributed by atoms with E-state index < -0.39 is 4.92 Å². The fraction of sp³-hybridized carbons (Fsp3) is 0.750. The third kappa shape index (κ3) is 4.08. The van der Waals surface area contributed by atoms with E-state index in [1.54, 1.807) is 7.11 Å². The van der Waals surface area contributed by atoms with Gasteiger partial charge in [-0.3, -0.25) is 10.1 Å². The van der Waals surface area contributed by atoms with Crippen molar-refractivity contribution in [1.29, 1.82) is 0 Å². The summed E-state index contributed by atoms with van der Waals surface area (Å²) in [4.78, 5) is 9.75. The van der Waals surface area contributed by atoms with Crippen LogP contribution in [0.3, 0.4) is 0 Å². The molecule has 0 bridgehead atoms. The fourth-order valence-electron chi connectivity index (χ4n) is 0.948. The lowest BCUT2D eigenvalue weighted by Gasteiger charge is -2.10. The second-order valence-corrected chi connectivity index (χ2v) is 2.62. The van der Waals surface area contributed by atoms with Crippen molar-refractivity contribution >= 4 is 0 Å². The SMILES string of the molecule is CCC/C(=C\[N+](=O)[O-])C(C)OC. The van der Waals surface area contributed by atoms with Gasteiger partial charge in [-0.05, 0) is 13.3 Å². The molecular formula is C8H15NO3. The second-order valence-electron chi connectivity index (χ2n) is 2.62. The Morgan fingerprint density at radius 1 is 1.75 bits per heavy atom. The van der Waals surface area contributed by atoms with Gasteiger partial charge in [-0.1, -0.05) is 13.3 Å². The average molecular weight is 173 g/mol. The van der Waals surface area contributed by atoms with Crippen LogP contribution in [-0.4, -0.2) is 18.1 Å². The van der Waals surface area contributed by atoms with Gasteiger partial charge in [0.1, 0.15) is 0 Å². The zero-order valence-corrected chi connectivity index (χ0v) is 7.74. The Bertz CT molecular complexity index is 177. The quantitative estimate of drug-likeness (QED) is 0.472. The summed E-state index contributed by atoms with van der Waals surface area (Å²) >= 11 is 0. The maximum Gasteiger partial charge on any atom is 0.236 e. The van der Waals surface area contributed by atoms with E-state index in [4.69, 9.17) is 4.74 Å². The predicted molar refractivity (Wildman–Crippen MR) is 46.5 cm³/mol. The van der Waals surface area contributed by atoms with Gasteiger partial charge in [0.05, 0.1) is 11.0 Å². The van der Waals surface area contributed by atoms with E-state index in [1.807, 2.05) is 13.8 Å². The van der Waals surface area contributed by atoms with Crippen molar-refractivity contribution < 1.29 is 9.66 Å². The van der Waals surface area contributed by atoms with Crippen molar-refractivity contribution in [3.63, 3.8) is 0 Å². The van der Waals surface area contributed by atoms with Gasteiger partial charge in [0.2, 0.25) is 6.20 Å². The van der Waals surface area contributed by atoms with Crippen molar-refractivity contribution in [2.75, 3.05) is 7.11 Å². The molecule has 70 valence electrons. The number of ether oxygens (including phenoxy) is 1. The lowest BCUT2D eigenvalue weighted by Crippen LogP contribution is -2.10. The first-order chi connectivity index (χ1) is 5.61. The van der Waals surface area contributed by atoms with E-state index in [0.29, 0.717) is 0 Å². The Kier molecular flexibility index (Phi) is 5.28. The van der Waals surface area contributed by atoms with E-state index in [2.05, 4.69) is 0 Å². The molecular weight excluding hydrogens is 158 g/mol. The van der Waals surface area contributed by atoms with E-state index in [9.17, 15) is 10.1 Å². The van der Waals surface area contributed by atoms with Crippen LogP contribution in [0.1, 0.15) is 26.7 Å². The second kappa shape index (κ2) is 5.71.